The van der Waals surface area contributed by atoms with Crippen LogP contribution in [0.15, 0.2) is 54.9 Å². The van der Waals surface area contributed by atoms with Crippen molar-refractivity contribution in [3.05, 3.63) is 54.9 Å². The highest BCUT2D eigenvalue weighted by atomic mass is 16.5. The fourth-order valence-corrected chi connectivity index (χ4v) is 4.64. The molecule has 6 nitrogen and oxygen atoms in total. The van der Waals surface area contributed by atoms with E-state index in [4.69, 9.17) is 9.47 Å². The molecule has 1 saturated heterocycles. The molecule has 0 atom stereocenters. The molecule has 1 aliphatic rings. The molecule has 1 N–H and O–H groups in total. The van der Waals surface area contributed by atoms with E-state index in [1.54, 1.807) is 19.5 Å². The zero-order chi connectivity index (χ0) is 22.1. The lowest BCUT2D eigenvalue weighted by Gasteiger charge is -2.46. The van der Waals surface area contributed by atoms with E-state index < -0.39 is 0 Å². The van der Waals surface area contributed by atoms with Crippen molar-refractivity contribution in [2.24, 2.45) is 0 Å². The van der Waals surface area contributed by atoms with Gasteiger partial charge in [0.1, 0.15) is 11.9 Å². The van der Waals surface area contributed by atoms with Crippen molar-refractivity contribution in [1.82, 2.24) is 20.5 Å². The van der Waals surface area contributed by atoms with Crippen LogP contribution >= 0.6 is 0 Å². The maximum Gasteiger partial charge on any atom is 0.233 e. The summed E-state index contributed by atoms with van der Waals surface area (Å²) in [5.41, 5.74) is 3.81. The average molecular weight is 419 g/mol. The molecule has 0 saturated carbocycles. The fourth-order valence-electron chi connectivity index (χ4n) is 4.64. The van der Waals surface area contributed by atoms with Crippen LogP contribution in [0.2, 0.25) is 0 Å². The van der Waals surface area contributed by atoms with Crippen molar-refractivity contribution in [2.45, 2.75) is 57.7 Å². The Morgan fingerprint density at radius 1 is 0.871 bits per heavy atom. The van der Waals surface area contributed by atoms with E-state index in [0.717, 1.165) is 41.0 Å². The van der Waals surface area contributed by atoms with Crippen LogP contribution in [0.25, 0.3) is 22.4 Å². The van der Waals surface area contributed by atoms with E-state index in [-0.39, 0.29) is 17.2 Å². The van der Waals surface area contributed by atoms with Crippen molar-refractivity contribution in [3.8, 4) is 34.0 Å². The summed E-state index contributed by atoms with van der Waals surface area (Å²) >= 11 is 0. The number of rotatable bonds is 5. The smallest absolute Gasteiger partial charge is 0.233 e. The van der Waals surface area contributed by atoms with Crippen molar-refractivity contribution >= 4 is 0 Å². The number of nitrogens with zero attached hydrogens (tertiary/aromatic N) is 3. The highest BCUT2D eigenvalue weighted by Gasteiger charge is 2.38. The average Bonchev–Trinajstić information content (AvgIpc) is 2.72. The minimum Gasteiger partial charge on any atom is -0.496 e. The van der Waals surface area contributed by atoms with Crippen molar-refractivity contribution in [1.29, 1.82) is 0 Å². The van der Waals surface area contributed by atoms with Crippen molar-refractivity contribution in [3.63, 3.8) is 0 Å². The number of hydrogen-bond acceptors (Lipinski definition) is 6. The predicted octanol–water partition coefficient (Wildman–Crippen LogP) is 4.90. The molecule has 0 unspecified atom stereocenters. The molecule has 0 amide bonds. The third kappa shape index (κ3) is 5.02. The van der Waals surface area contributed by atoms with Gasteiger partial charge in [0, 0.05) is 47.9 Å². The number of aromatic nitrogens is 3. The van der Waals surface area contributed by atoms with Gasteiger partial charge in [0.15, 0.2) is 0 Å². The molecule has 4 rings (SSSR count). The second-order valence-corrected chi connectivity index (χ2v) is 9.45. The second-order valence-electron chi connectivity index (χ2n) is 9.45. The van der Waals surface area contributed by atoms with E-state index in [1.165, 1.54) is 0 Å². The molecule has 162 valence electrons. The highest BCUT2D eigenvalue weighted by molar-refractivity contribution is 5.75. The third-order valence-corrected chi connectivity index (χ3v) is 5.57. The van der Waals surface area contributed by atoms with E-state index in [1.807, 2.05) is 36.4 Å². The summed E-state index contributed by atoms with van der Waals surface area (Å²) in [6.07, 6.45) is 5.50. The number of nitrogens with one attached hydrogen (secondary N) is 1. The Balaban J connectivity index is 1.57. The number of ether oxygens (including phenoxy) is 2. The van der Waals surface area contributed by atoms with Gasteiger partial charge in [-0.3, -0.25) is 4.98 Å². The predicted molar refractivity (Wildman–Crippen MR) is 122 cm³/mol. The Bertz CT molecular complexity index is 1020. The molecule has 0 bridgehead atoms. The first-order chi connectivity index (χ1) is 14.7. The first kappa shape index (κ1) is 21.2. The van der Waals surface area contributed by atoms with Crippen LogP contribution in [0.5, 0.6) is 11.6 Å². The minimum absolute atomic E-state index is 0.0144. The summed E-state index contributed by atoms with van der Waals surface area (Å²) in [4.78, 5) is 4.10. The summed E-state index contributed by atoms with van der Waals surface area (Å²) in [6.45, 7) is 8.84. The van der Waals surface area contributed by atoms with Crippen LogP contribution in [-0.2, 0) is 0 Å². The summed E-state index contributed by atoms with van der Waals surface area (Å²) in [5.74, 6) is 1.30. The topological polar surface area (TPSA) is 69.2 Å². The van der Waals surface area contributed by atoms with Gasteiger partial charge in [-0.1, -0.05) is 6.07 Å². The summed E-state index contributed by atoms with van der Waals surface area (Å²) < 4.78 is 11.8. The largest absolute Gasteiger partial charge is 0.496 e. The normalized spacial score (nSPS) is 17.8. The quantitative estimate of drug-likeness (QED) is 0.635. The number of benzene rings is 1. The molecule has 3 heterocycles. The molecule has 0 aliphatic carbocycles. The van der Waals surface area contributed by atoms with Gasteiger partial charge in [0.25, 0.3) is 0 Å². The number of piperidine rings is 1. The summed E-state index contributed by atoms with van der Waals surface area (Å²) in [6, 6.07) is 13.8. The zero-order valence-corrected chi connectivity index (χ0v) is 18.8. The lowest BCUT2D eigenvalue weighted by Crippen LogP contribution is -2.60. The summed E-state index contributed by atoms with van der Waals surface area (Å²) in [5, 5.41) is 12.5. The van der Waals surface area contributed by atoms with Gasteiger partial charge in [0.2, 0.25) is 5.88 Å². The molecule has 31 heavy (non-hydrogen) atoms. The molecular formula is C25H30N4O2. The Hall–Kier alpha value is -2.99. The Morgan fingerprint density at radius 2 is 1.58 bits per heavy atom. The maximum absolute atomic E-state index is 6.22. The van der Waals surface area contributed by atoms with Gasteiger partial charge in [0.05, 0.1) is 12.8 Å². The molecule has 3 aromatic rings. The van der Waals surface area contributed by atoms with Gasteiger partial charge in [-0.05, 0) is 69.2 Å². The van der Waals surface area contributed by atoms with E-state index in [9.17, 15) is 0 Å². The van der Waals surface area contributed by atoms with Gasteiger partial charge < -0.3 is 14.8 Å². The highest BCUT2D eigenvalue weighted by Crippen LogP contribution is 2.34. The van der Waals surface area contributed by atoms with Crippen LogP contribution in [0.3, 0.4) is 0 Å². The van der Waals surface area contributed by atoms with Gasteiger partial charge in [-0.15, -0.1) is 10.2 Å². The molecule has 1 aromatic carbocycles. The van der Waals surface area contributed by atoms with Crippen LogP contribution in [-0.4, -0.2) is 39.5 Å². The van der Waals surface area contributed by atoms with Crippen molar-refractivity contribution < 1.29 is 9.47 Å². The molecule has 6 heteroatoms. The molecule has 1 fully saturated rings. The van der Waals surface area contributed by atoms with Crippen LogP contribution in [0.1, 0.15) is 40.5 Å². The van der Waals surface area contributed by atoms with E-state index >= 15 is 0 Å². The molecule has 0 radical (unpaired) electrons. The van der Waals surface area contributed by atoms with Gasteiger partial charge >= 0.3 is 0 Å². The summed E-state index contributed by atoms with van der Waals surface area (Å²) in [7, 11) is 1.66. The maximum atomic E-state index is 6.22. The van der Waals surface area contributed by atoms with Gasteiger partial charge in [-0.25, -0.2) is 0 Å². The van der Waals surface area contributed by atoms with Crippen LogP contribution in [0.4, 0.5) is 0 Å². The first-order valence-corrected chi connectivity index (χ1v) is 10.6. The fraction of sp³-hybridized carbons (Fsp3) is 0.400. The first-order valence-electron chi connectivity index (χ1n) is 10.6. The molecule has 1 aliphatic heterocycles. The molecule has 0 spiro atoms. The monoisotopic (exact) mass is 418 g/mol. The lowest BCUT2D eigenvalue weighted by molar-refractivity contribution is 0.0524. The molecular weight excluding hydrogens is 388 g/mol. The Morgan fingerprint density at radius 3 is 2.19 bits per heavy atom. The van der Waals surface area contributed by atoms with E-state index in [0.29, 0.717) is 5.88 Å². The number of methoxy groups -OCH3 is 1. The zero-order valence-electron chi connectivity index (χ0n) is 18.8. The third-order valence-electron chi connectivity index (χ3n) is 5.57. The van der Waals surface area contributed by atoms with Gasteiger partial charge in [-0.2, -0.15) is 0 Å². The number of hydrogen-bond donors (Lipinski definition) is 1. The van der Waals surface area contributed by atoms with Crippen LogP contribution in [0, 0.1) is 0 Å². The van der Waals surface area contributed by atoms with Crippen LogP contribution < -0.4 is 14.8 Å². The Kier molecular flexibility index (Phi) is 5.67. The lowest BCUT2D eigenvalue weighted by atomic mass is 9.81. The van der Waals surface area contributed by atoms with E-state index in [2.05, 4.69) is 54.3 Å². The molecule has 2 aromatic heterocycles. The standard InChI is InChI=1S/C25H30N4O2/c1-24(2)15-19(16-25(3,4)29-24)31-23-9-7-21(27-28-23)20-14-18(6-8-22(20)30-5)17-10-12-26-13-11-17/h6-14,19,29H,15-16H2,1-5H3. The number of pyridine rings is 1. The van der Waals surface area contributed by atoms with Crippen molar-refractivity contribution in [2.75, 3.05) is 7.11 Å². The second kappa shape index (κ2) is 8.27. The SMILES string of the molecule is COc1ccc(-c2ccncc2)cc1-c1ccc(OC2CC(C)(C)NC(C)(C)C2)nn1. The minimum atomic E-state index is 0.0144. The Labute approximate surface area is 184 Å².